The van der Waals surface area contributed by atoms with Crippen molar-refractivity contribution in [2.75, 3.05) is 7.05 Å². The minimum Gasteiger partial charge on any atom is -0.263 e. The quantitative estimate of drug-likeness (QED) is 0.554. The SMILES string of the molecule is CN=[N+]=NC(=O)c1cncc(Br)c1. The van der Waals surface area contributed by atoms with E-state index in [-0.39, 0.29) is 0 Å². The molecule has 1 aromatic heterocycles. The van der Waals surface area contributed by atoms with Crippen LogP contribution in [0.2, 0.25) is 0 Å². The second-order valence-corrected chi connectivity index (χ2v) is 3.00. The first kappa shape index (κ1) is 9.70. The molecule has 0 fully saturated rings. The van der Waals surface area contributed by atoms with Crippen molar-refractivity contribution in [3.8, 4) is 0 Å². The van der Waals surface area contributed by atoms with Gasteiger partial charge in [0, 0.05) is 16.9 Å². The highest BCUT2D eigenvalue weighted by Crippen LogP contribution is 2.09. The van der Waals surface area contributed by atoms with E-state index < -0.39 is 5.91 Å². The van der Waals surface area contributed by atoms with Crippen molar-refractivity contribution in [3.05, 3.63) is 28.5 Å². The number of carbonyl (C=O) groups excluding carboxylic acids is 1. The van der Waals surface area contributed by atoms with E-state index >= 15 is 0 Å². The maximum Gasteiger partial charge on any atom is 0.362 e. The van der Waals surface area contributed by atoms with Crippen LogP contribution in [0.4, 0.5) is 0 Å². The van der Waals surface area contributed by atoms with Crippen molar-refractivity contribution in [2.45, 2.75) is 0 Å². The summed E-state index contributed by atoms with van der Waals surface area (Å²) < 4.78 is 0.724. The zero-order chi connectivity index (χ0) is 9.68. The van der Waals surface area contributed by atoms with Crippen molar-refractivity contribution in [1.82, 2.24) is 9.90 Å². The lowest BCUT2D eigenvalue weighted by atomic mass is 10.3. The van der Waals surface area contributed by atoms with E-state index in [2.05, 4.69) is 36.1 Å². The Hall–Kier alpha value is -1.39. The zero-order valence-electron chi connectivity index (χ0n) is 6.81. The first-order chi connectivity index (χ1) is 6.24. The summed E-state index contributed by atoms with van der Waals surface area (Å²) in [5.41, 5.74) is 0.377. The molecule has 0 saturated carbocycles. The number of halogens is 1. The summed E-state index contributed by atoms with van der Waals surface area (Å²) in [4.78, 5) is 18.2. The number of amides is 1. The standard InChI is InChI=1S/C7H6BrN4O/c1-9-12-11-7(13)5-2-6(8)4-10-3-5/h2-4H,1H3/q+1. The van der Waals surface area contributed by atoms with Gasteiger partial charge in [-0.25, -0.2) is 0 Å². The lowest BCUT2D eigenvalue weighted by molar-refractivity contribution is 0.0992. The normalized spacial score (nSPS) is 8.77. The zero-order valence-corrected chi connectivity index (χ0v) is 8.39. The smallest absolute Gasteiger partial charge is 0.263 e. The van der Waals surface area contributed by atoms with Gasteiger partial charge in [0.05, 0.1) is 5.56 Å². The minimum absolute atomic E-state index is 0.377. The molecule has 5 nitrogen and oxygen atoms in total. The third-order valence-corrected chi connectivity index (χ3v) is 1.61. The van der Waals surface area contributed by atoms with E-state index in [1.165, 1.54) is 13.2 Å². The highest BCUT2D eigenvalue weighted by molar-refractivity contribution is 9.10. The fraction of sp³-hybridized carbons (Fsp3) is 0.143. The fourth-order valence-electron chi connectivity index (χ4n) is 0.672. The van der Waals surface area contributed by atoms with Crippen LogP contribution >= 0.6 is 15.9 Å². The number of pyridine rings is 1. The molecular weight excluding hydrogens is 236 g/mol. The first-order valence-electron chi connectivity index (χ1n) is 3.39. The molecule has 0 atom stereocenters. The van der Waals surface area contributed by atoms with Crippen LogP contribution in [-0.2, 0) is 0 Å². The van der Waals surface area contributed by atoms with Crippen LogP contribution in [-0.4, -0.2) is 17.9 Å². The Labute approximate surface area is 82.8 Å². The van der Waals surface area contributed by atoms with Gasteiger partial charge < -0.3 is 0 Å². The molecule has 0 bridgehead atoms. The van der Waals surface area contributed by atoms with Gasteiger partial charge in [-0.1, -0.05) is 0 Å². The molecule has 0 radical (unpaired) electrons. The highest BCUT2D eigenvalue weighted by Gasteiger charge is 2.09. The van der Waals surface area contributed by atoms with Crippen molar-refractivity contribution < 1.29 is 4.79 Å². The molecule has 0 N–H and O–H groups in total. The third kappa shape index (κ3) is 2.85. The minimum atomic E-state index is -0.459. The average molecular weight is 242 g/mol. The molecule has 66 valence electrons. The molecule has 0 aliphatic rings. The first-order valence-corrected chi connectivity index (χ1v) is 4.18. The molecule has 0 unspecified atom stereocenters. The van der Waals surface area contributed by atoms with Gasteiger partial charge in [0.25, 0.3) is 0 Å². The van der Waals surface area contributed by atoms with Crippen molar-refractivity contribution in [1.29, 1.82) is 0 Å². The Bertz CT molecular complexity index is 384. The Balaban J connectivity index is 2.96. The van der Waals surface area contributed by atoms with Crippen LogP contribution in [0.3, 0.4) is 0 Å². The number of hydrogen-bond acceptors (Lipinski definition) is 3. The molecule has 1 heterocycles. The summed E-state index contributed by atoms with van der Waals surface area (Å²) in [6.45, 7) is 0. The van der Waals surface area contributed by atoms with Gasteiger partial charge in [-0.15, -0.1) is 0 Å². The predicted molar refractivity (Wildman–Crippen MR) is 49.2 cm³/mol. The van der Waals surface area contributed by atoms with Gasteiger partial charge in [-0.2, -0.15) is 0 Å². The van der Waals surface area contributed by atoms with E-state index in [9.17, 15) is 4.79 Å². The third-order valence-electron chi connectivity index (χ3n) is 1.18. The largest absolute Gasteiger partial charge is 0.362 e. The van der Waals surface area contributed by atoms with Gasteiger partial charge in [-0.05, 0) is 22.0 Å². The van der Waals surface area contributed by atoms with Crippen LogP contribution in [0.25, 0.3) is 0 Å². The summed E-state index contributed by atoms with van der Waals surface area (Å²) >= 11 is 3.19. The fourth-order valence-corrected chi connectivity index (χ4v) is 1.04. The molecule has 1 amide bonds. The van der Waals surface area contributed by atoms with Gasteiger partial charge in [0.2, 0.25) is 10.0 Å². The number of aromatic nitrogens is 1. The van der Waals surface area contributed by atoms with Crippen LogP contribution in [0.1, 0.15) is 10.4 Å². The number of hydrogen-bond donors (Lipinski definition) is 0. The van der Waals surface area contributed by atoms with Crippen LogP contribution in [0.5, 0.6) is 0 Å². The summed E-state index contributed by atoms with van der Waals surface area (Å²) in [6, 6.07) is 1.62. The van der Waals surface area contributed by atoms with Gasteiger partial charge in [0.15, 0.2) is 0 Å². The lowest BCUT2D eigenvalue weighted by Gasteiger charge is -1.89. The summed E-state index contributed by atoms with van der Waals surface area (Å²) in [5, 5.41) is 6.64. The summed E-state index contributed by atoms with van der Waals surface area (Å²) in [5.74, 6) is -0.459. The molecule has 6 heteroatoms. The molecule has 0 spiro atoms. The maximum absolute atomic E-state index is 11.2. The summed E-state index contributed by atoms with van der Waals surface area (Å²) in [7, 11) is 1.44. The Kier molecular flexibility index (Phi) is 3.42. The number of rotatable bonds is 1. The topological polar surface area (TPSA) is 68.8 Å². The lowest BCUT2D eigenvalue weighted by Crippen LogP contribution is -1.95. The monoisotopic (exact) mass is 241 g/mol. The highest BCUT2D eigenvalue weighted by atomic mass is 79.9. The van der Waals surface area contributed by atoms with Crippen molar-refractivity contribution in [3.63, 3.8) is 0 Å². The molecule has 0 aliphatic carbocycles. The van der Waals surface area contributed by atoms with Crippen LogP contribution in [0, 0.1) is 0 Å². The molecule has 13 heavy (non-hydrogen) atoms. The Morgan fingerprint density at radius 1 is 1.62 bits per heavy atom. The molecule has 0 saturated heterocycles. The molecule has 1 rings (SSSR count). The number of carbonyl (C=O) groups is 1. The van der Waals surface area contributed by atoms with Crippen LogP contribution in [0.15, 0.2) is 33.2 Å². The van der Waals surface area contributed by atoms with Crippen molar-refractivity contribution >= 4 is 21.8 Å². The van der Waals surface area contributed by atoms with Gasteiger partial charge in [-0.3, -0.25) is 9.78 Å². The maximum atomic E-state index is 11.2. The summed E-state index contributed by atoms with van der Waals surface area (Å²) in [6.07, 6.45) is 3.00. The average Bonchev–Trinajstić information content (AvgIpc) is 2.14. The Morgan fingerprint density at radius 3 is 3.00 bits per heavy atom. The van der Waals surface area contributed by atoms with Crippen LogP contribution < -0.4 is 4.91 Å². The van der Waals surface area contributed by atoms with E-state index in [4.69, 9.17) is 0 Å². The van der Waals surface area contributed by atoms with E-state index in [1.807, 2.05) is 0 Å². The van der Waals surface area contributed by atoms with Gasteiger partial charge in [0.1, 0.15) is 12.2 Å². The van der Waals surface area contributed by atoms with Crippen molar-refractivity contribution in [2.24, 2.45) is 10.2 Å². The van der Waals surface area contributed by atoms with E-state index in [0.29, 0.717) is 5.56 Å². The molecule has 0 aliphatic heterocycles. The Morgan fingerprint density at radius 2 is 2.38 bits per heavy atom. The molecular formula is C7H6BrN4O+. The van der Waals surface area contributed by atoms with E-state index in [1.54, 1.807) is 12.3 Å². The second-order valence-electron chi connectivity index (χ2n) is 2.09. The molecule has 1 aromatic rings. The number of nitrogens with zero attached hydrogens (tertiary/aromatic N) is 4. The van der Waals surface area contributed by atoms with Gasteiger partial charge >= 0.3 is 5.91 Å². The second kappa shape index (κ2) is 4.59. The predicted octanol–water partition coefficient (Wildman–Crippen LogP) is 1.59. The van der Waals surface area contributed by atoms with E-state index in [0.717, 1.165) is 4.47 Å². The molecule has 0 aromatic carbocycles.